The van der Waals surface area contributed by atoms with Crippen LogP contribution >= 0.6 is 0 Å². The van der Waals surface area contributed by atoms with E-state index in [0.29, 0.717) is 37.4 Å². The Labute approximate surface area is 129 Å². The van der Waals surface area contributed by atoms with E-state index in [9.17, 15) is 9.59 Å². The lowest BCUT2D eigenvalue weighted by molar-refractivity contribution is -0.141. The SMILES string of the molecule is CCOc1ccccc1OCC(=O)N[C@@H]1CC[C@H](C(=O)O)C1. The fraction of sp³-hybridized carbons (Fsp3) is 0.500. The summed E-state index contributed by atoms with van der Waals surface area (Å²) in [5.41, 5.74) is 0. The van der Waals surface area contributed by atoms with E-state index in [4.69, 9.17) is 14.6 Å². The Kier molecular flexibility index (Phi) is 5.63. The van der Waals surface area contributed by atoms with Crippen LogP contribution in [0.4, 0.5) is 0 Å². The predicted molar refractivity (Wildman–Crippen MR) is 80.0 cm³/mol. The third kappa shape index (κ3) is 4.38. The van der Waals surface area contributed by atoms with Crippen molar-refractivity contribution in [2.75, 3.05) is 13.2 Å². The topological polar surface area (TPSA) is 84.9 Å². The smallest absolute Gasteiger partial charge is 0.306 e. The quantitative estimate of drug-likeness (QED) is 0.803. The van der Waals surface area contributed by atoms with E-state index < -0.39 is 5.97 Å². The molecular formula is C16H21NO5. The number of nitrogens with one attached hydrogen (secondary N) is 1. The summed E-state index contributed by atoms with van der Waals surface area (Å²) in [4.78, 5) is 22.8. The molecule has 0 unspecified atom stereocenters. The lowest BCUT2D eigenvalue weighted by atomic mass is 10.1. The molecule has 1 aliphatic rings. The van der Waals surface area contributed by atoms with Gasteiger partial charge in [0, 0.05) is 6.04 Å². The minimum Gasteiger partial charge on any atom is -0.490 e. The van der Waals surface area contributed by atoms with Crippen molar-refractivity contribution < 1.29 is 24.2 Å². The molecule has 22 heavy (non-hydrogen) atoms. The van der Waals surface area contributed by atoms with Crippen LogP contribution in [0.25, 0.3) is 0 Å². The molecule has 1 amide bonds. The molecule has 1 saturated carbocycles. The molecule has 2 N–H and O–H groups in total. The van der Waals surface area contributed by atoms with Gasteiger partial charge < -0.3 is 19.9 Å². The number of amides is 1. The van der Waals surface area contributed by atoms with Crippen LogP contribution in [0.3, 0.4) is 0 Å². The summed E-state index contributed by atoms with van der Waals surface area (Å²) in [7, 11) is 0. The number of carbonyl (C=O) groups excluding carboxylic acids is 1. The average molecular weight is 307 g/mol. The number of hydrogen-bond acceptors (Lipinski definition) is 4. The summed E-state index contributed by atoms with van der Waals surface area (Å²) < 4.78 is 10.9. The van der Waals surface area contributed by atoms with Gasteiger partial charge >= 0.3 is 5.97 Å². The fourth-order valence-electron chi connectivity index (χ4n) is 2.59. The maximum atomic E-state index is 11.9. The summed E-state index contributed by atoms with van der Waals surface area (Å²) in [5.74, 6) is -0.273. The lowest BCUT2D eigenvalue weighted by Crippen LogP contribution is -2.36. The number of para-hydroxylation sites is 2. The largest absolute Gasteiger partial charge is 0.490 e. The van der Waals surface area contributed by atoms with Crippen molar-refractivity contribution in [1.29, 1.82) is 0 Å². The Balaban J connectivity index is 1.80. The van der Waals surface area contributed by atoms with E-state index in [1.165, 1.54) is 0 Å². The monoisotopic (exact) mass is 307 g/mol. The second-order valence-corrected chi connectivity index (χ2v) is 5.28. The van der Waals surface area contributed by atoms with Gasteiger partial charge in [-0.3, -0.25) is 9.59 Å². The first-order valence-corrected chi connectivity index (χ1v) is 7.47. The van der Waals surface area contributed by atoms with Crippen molar-refractivity contribution in [2.24, 2.45) is 5.92 Å². The molecular weight excluding hydrogens is 286 g/mol. The molecule has 0 saturated heterocycles. The predicted octanol–water partition coefficient (Wildman–Crippen LogP) is 1.83. The van der Waals surface area contributed by atoms with E-state index in [2.05, 4.69) is 5.32 Å². The first-order valence-electron chi connectivity index (χ1n) is 7.47. The Bertz CT molecular complexity index is 531. The molecule has 0 radical (unpaired) electrons. The maximum absolute atomic E-state index is 11.9. The number of rotatable bonds is 7. The number of aliphatic carboxylic acids is 1. The van der Waals surface area contributed by atoms with Crippen LogP contribution in [0.1, 0.15) is 26.2 Å². The van der Waals surface area contributed by atoms with E-state index in [-0.39, 0.29) is 24.5 Å². The summed E-state index contributed by atoms with van der Waals surface area (Å²) in [6.07, 6.45) is 1.78. The Morgan fingerprint density at radius 1 is 1.23 bits per heavy atom. The van der Waals surface area contributed by atoms with Gasteiger partial charge in [-0.25, -0.2) is 0 Å². The van der Waals surface area contributed by atoms with Gasteiger partial charge in [0.15, 0.2) is 18.1 Å². The Hall–Kier alpha value is -2.24. The van der Waals surface area contributed by atoms with Crippen LogP contribution < -0.4 is 14.8 Å². The Morgan fingerprint density at radius 2 is 1.91 bits per heavy atom. The van der Waals surface area contributed by atoms with Crippen LogP contribution in [-0.4, -0.2) is 36.2 Å². The first kappa shape index (κ1) is 16.1. The van der Waals surface area contributed by atoms with Crippen molar-refractivity contribution in [1.82, 2.24) is 5.32 Å². The highest BCUT2D eigenvalue weighted by Gasteiger charge is 2.30. The molecule has 0 spiro atoms. The molecule has 120 valence electrons. The van der Waals surface area contributed by atoms with Gasteiger partial charge in [-0.15, -0.1) is 0 Å². The molecule has 0 bridgehead atoms. The molecule has 0 aromatic heterocycles. The zero-order valence-electron chi connectivity index (χ0n) is 12.6. The van der Waals surface area contributed by atoms with Crippen molar-refractivity contribution >= 4 is 11.9 Å². The second kappa shape index (κ2) is 7.68. The van der Waals surface area contributed by atoms with Crippen molar-refractivity contribution in [3.63, 3.8) is 0 Å². The van der Waals surface area contributed by atoms with Crippen molar-refractivity contribution in [3.05, 3.63) is 24.3 Å². The van der Waals surface area contributed by atoms with E-state index >= 15 is 0 Å². The number of carbonyl (C=O) groups is 2. The Morgan fingerprint density at radius 3 is 2.50 bits per heavy atom. The van der Waals surface area contributed by atoms with Gasteiger partial charge in [0.05, 0.1) is 12.5 Å². The third-order valence-corrected chi connectivity index (χ3v) is 3.65. The minimum atomic E-state index is -0.793. The summed E-state index contributed by atoms with van der Waals surface area (Å²) in [6.45, 7) is 2.28. The van der Waals surface area contributed by atoms with Crippen LogP contribution in [0.15, 0.2) is 24.3 Å². The summed E-state index contributed by atoms with van der Waals surface area (Å²) in [5, 5.41) is 11.8. The van der Waals surface area contributed by atoms with Gasteiger partial charge in [-0.05, 0) is 38.3 Å². The fourth-order valence-corrected chi connectivity index (χ4v) is 2.59. The molecule has 6 heteroatoms. The van der Waals surface area contributed by atoms with Crippen LogP contribution in [0, 0.1) is 5.92 Å². The molecule has 1 aromatic rings. The maximum Gasteiger partial charge on any atom is 0.306 e. The van der Waals surface area contributed by atoms with Gasteiger partial charge in [-0.2, -0.15) is 0 Å². The first-order chi connectivity index (χ1) is 10.6. The van der Waals surface area contributed by atoms with Gasteiger partial charge in [0.1, 0.15) is 0 Å². The van der Waals surface area contributed by atoms with Crippen molar-refractivity contribution in [3.8, 4) is 11.5 Å². The van der Waals surface area contributed by atoms with Gasteiger partial charge in [0.25, 0.3) is 5.91 Å². The highest BCUT2D eigenvalue weighted by atomic mass is 16.5. The summed E-state index contributed by atoms with van der Waals surface area (Å²) in [6, 6.07) is 7.09. The van der Waals surface area contributed by atoms with Gasteiger partial charge in [-0.1, -0.05) is 12.1 Å². The lowest BCUT2D eigenvalue weighted by Gasteiger charge is -2.14. The van der Waals surface area contributed by atoms with E-state index in [1.807, 2.05) is 19.1 Å². The number of carboxylic acid groups (broad SMARTS) is 1. The second-order valence-electron chi connectivity index (χ2n) is 5.28. The normalized spacial score (nSPS) is 20.4. The average Bonchev–Trinajstić information content (AvgIpc) is 2.95. The molecule has 2 atom stereocenters. The van der Waals surface area contributed by atoms with Crippen LogP contribution in [-0.2, 0) is 9.59 Å². The number of carboxylic acids is 1. The zero-order chi connectivity index (χ0) is 15.9. The van der Waals surface area contributed by atoms with Crippen LogP contribution in [0.5, 0.6) is 11.5 Å². The zero-order valence-corrected chi connectivity index (χ0v) is 12.6. The summed E-state index contributed by atoms with van der Waals surface area (Å²) >= 11 is 0. The van der Waals surface area contributed by atoms with Crippen molar-refractivity contribution in [2.45, 2.75) is 32.2 Å². The number of benzene rings is 1. The molecule has 0 heterocycles. The highest BCUT2D eigenvalue weighted by Crippen LogP contribution is 2.27. The molecule has 2 rings (SSSR count). The molecule has 1 fully saturated rings. The molecule has 6 nitrogen and oxygen atoms in total. The third-order valence-electron chi connectivity index (χ3n) is 3.65. The van der Waals surface area contributed by atoms with Gasteiger partial charge in [0.2, 0.25) is 0 Å². The molecule has 1 aromatic carbocycles. The highest BCUT2D eigenvalue weighted by molar-refractivity contribution is 5.78. The van der Waals surface area contributed by atoms with Crippen LogP contribution in [0.2, 0.25) is 0 Å². The van der Waals surface area contributed by atoms with E-state index in [0.717, 1.165) is 0 Å². The number of ether oxygens (including phenoxy) is 2. The van der Waals surface area contributed by atoms with E-state index in [1.54, 1.807) is 12.1 Å². The standard InChI is InChI=1S/C16H21NO5/c1-2-21-13-5-3-4-6-14(13)22-10-15(18)17-12-8-7-11(9-12)16(19)20/h3-6,11-12H,2,7-10H2,1H3,(H,17,18)(H,19,20)/t11-,12+/m0/s1. The molecule has 1 aliphatic carbocycles. The minimum absolute atomic E-state index is 0.0839. The molecule has 0 aliphatic heterocycles. The number of hydrogen-bond donors (Lipinski definition) is 2.